The van der Waals surface area contributed by atoms with Gasteiger partial charge in [0.15, 0.2) is 0 Å². The third-order valence-corrected chi connectivity index (χ3v) is 7.24. The normalized spacial score (nSPS) is 20.7. The molecule has 1 aliphatic rings. The molecule has 1 rings (SSSR count). The van der Waals surface area contributed by atoms with E-state index in [1.54, 1.807) is 0 Å². The van der Waals surface area contributed by atoms with E-state index in [2.05, 4.69) is 50.7 Å². The Balaban J connectivity index is 2.30. The van der Waals surface area contributed by atoms with E-state index >= 15 is 0 Å². The summed E-state index contributed by atoms with van der Waals surface area (Å²) in [7, 11) is 4.45. The number of allylic oxidation sites excluding steroid dienone is 2. The Labute approximate surface area is 99.7 Å². The zero-order valence-electron chi connectivity index (χ0n) is 11.0. The van der Waals surface area contributed by atoms with Crippen LogP contribution in [-0.2, 0) is 0 Å². The van der Waals surface area contributed by atoms with E-state index < -0.39 is 18.4 Å². The molecule has 0 spiro atoms. The van der Waals surface area contributed by atoms with Crippen molar-refractivity contribution in [3.05, 3.63) is 12.2 Å². The third kappa shape index (κ3) is 4.92. The molecule has 0 aliphatic carbocycles. The van der Waals surface area contributed by atoms with Gasteiger partial charge in [0.1, 0.15) is 0 Å². The maximum absolute atomic E-state index is 2.49. The predicted octanol–water partition coefficient (Wildman–Crippen LogP) is 2.25. The molecule has 0 radical (unpaired) electrons. The maximum atomic E-state index is 2.49. The monoisotopic (exact) mass is 316 g/mol. The van der Waals surface area contributed by atoms with E-state index in [1.165, 1.54) is 23.8 Å². The van der Waals surface area contributed by atoms with Crippen LogP contribution in [0.25, 0.3) is 0 Å². The van der Waals surface area contributed by atoms with E-state index in [0.29, 0.717) is 6.98 Å². The fourth-order valence-electron chi connectivity index (χ4n) is 1.96. The molecule has 1 fully saturated rings. The first-order valence-electron chi connectivity index (χ1n) is 5.95. The zero-order valence-corrected chi connectivity index (χ0v) is 13.8. The van der Waals surface area contributed by atoms with Crippen LogP contribution in [0.5, 0.6) is 0 Å². The van der Waals surface area contributed by atoms with Gasteiger partial charge in [0.2, 0.25) is 0 Å². The molecule has 86 valence electrons. The van der Waals surface area contributed by atoms with Crippen LogP contribution in [0.15, 0.2) is 12.2 Å². The third-order valence-electron chi connectivity index (χ3n) is 3.07. The fraction of sp³-hybridized carbons (Fsp3) is 0.818. The Morgan fingerprint density at radius 1 is 1.07 bits per heavy atom. The van der Waals surface area contributed by atoms with Crippen LogP contribution in [0.2, 0.25) is 25.6 Å². The van der Waals surface area contributed by atoms with Crippen LogP contribution < -0.4 is 0 Å². The number of likely N-dealkylation sites (N-methyl/N-ethyl adjacent to an activating group) is 2. The fourth-order valence-corrected chi connectivity index (χ4v) is 4.46. The Morgan fingerprint density at radius 3 is 2.07 bits per heavy atom. The molecule has 0 atom stereocenters. The van der Waals surface area contributed by atoms with Gasteiger partial charge in [-0.05, 0) is 0 Å². The van der Waals surface area contributed by atoms with Crippen molar-refractivity contribution < 1.29 is 0 Å². The Hall–Kier alpha value is 0.524. The first-order valence-corrected chi connectivity index (χ1v) is 16.5. The standard InChI is InChI=1S/C8H16BN2.3CH3.Sn/c1-4-5-6-9-10(2)7-8-11(9)3;;;;/h4-5H,1,6-8H2,2-3H3;3*1H3;. The van der Waals surface area contributed by atoms with Crippen LogP contribution >= 0.6 is 0 Å². The van der Waals surface area contributed by atoms with Gasteiger partial charge in [-0.15, -0.1) is 0 Å². The van der Waals surface area contributed by atoms with Gasteiger partial charge in [-0.3, -0.25) is 0 Å². The van der Waals surface area contributed by atoms with Crippen molar-refractivity contribution in [1.82, 2.24) is 9.62 Å². The minimum atomic E-state index is -1.55. The number of rotatable bonds is 4. The predicted molar refractivity (Wildman–Crippen MR) is 73.1 cm³/mol. The van der Waals surface area contributed by atoms with Crippen molar-refractivity contribution in [1.29, 1.82) is 0 Å². The topological polar surface area (TPSA) is 6.48 Å². The summed E-state index contributed by atoms with van der Waals surface area (Å²) in [4.78, 5) is 12.4. The Bertz CT molecular complexity index is 215. The molecule has 1 aliphatic heterocycles. The van der Waals surface area contributed by atoms with Crippen molar-refractivity contribution in [2.75, 3.05) is 27.2 Å². The van der Waals surface area contributed by atoms with Gasteiger partial charge in [-0.2, -0.15) is 0 Å². The van der Waals surface area contributed by atoms with Crippen LogP contribution in [0.3, 0.4) is 0 Å². The van der Waals surface area contributed by atoms with E-state index in [9.17, 15) is 0 Å². The molecule has 0 unspecified atom stereocenters. The van der Waals surface area contributed by atoms with Gasteiger partial charge < -0.3 is 0 Å². The molecule has 0 bridgehead atoms. The molecular weight excluding hydrogens is 290 g/mol. The molecule has 0 aromatic rings. The summed E-state index contributed by atoms with van der Waals surface area (Å²) >= 11 is -1.55. The van der Waals surface area contributed by atoms with Gasteiger partial charge in [-0.25, -0.2) is 0 Å². The minimum absolute atomic E-state index is 0.636. The van der Waals surface area contributed by atoms with Crippen LogP contribution in [0.4, 0.5) is 0 Å². The van der Waals surface area contributed by atoms with Gasteiger partial charge in [0, 0.05) is 0 Å². The van der Waals surface area contributed by atoms with Crippen molar-refractivity contribution in [3.63, 3.8) is 0 Å². The van der Waals surface area contributed by atoms with Crippen LogP contribution in [0, 0.1) is 0 Å². The summed E-state index contributed by atoms with van der Waals surface area (Å²) in [5, 5.41) is 0. The summed E-state index contributed by atoms with van der Waals surface area (Å²) in [5.41, 5.74) is 0. The Kier molecular flexibility index (Phi) is 5.19. The number of hydrogen-bond acceptors (Lipinski definition) is 2. The summed E-state index contributed by atoms with van der Waals surface area (Å²) in [5.74, 6) is 0. The molecule has 0 aromatic carbocycles. The summed E-state index contributed by atoms with van der Waals surface area (Å²) in [6.45, 7) is 3.07. The van der Waals surface area contributed by atoms with Gasteiger partial charge in [-0.1, -0.05) is 0 Å². The molecule has 1 saturated heterocycles. The Morgan fingerprint density at radius 2 is 1.60 bits per heavy atom. The second-order valence-electron chi connectivity index (χ2n) is 5.91. The molecule has 1 heterocycles. The average molecular weight is 315 g/mol. The molecule has 0 amide bonds. The van der Waals surface area contributed by atoms with E-state index in [1.807, 2.05) is 0 Å². The van der Waals surface area contributed by atoms with Gasteiger partial charge >= 0.3 is 99.9 Å². The van der Waals surface area contributed by atoms with Crippen molar-refractivity contribution in [3.8, 4) is 0 Å². The summed E-state index contributed by atoms with van der Waals surface area (Å²) < 4.78 is 1.38. The van der Waals surface area contributed by atoms with E-state index in [-0.39, 0.29) is 0 Å². The van der Waals surface area contributed by atoms with E-state index in [4.69, 9.17) is 0 Å². The van der Waals surface area contributed by atoms with Crippen molar-refractivity contribution >= 4 is 25.4 Å². The summed E-state index contributed by atoms with van der Waals surface area (Å²) in [6.07, 6.45) is 6.01. The second-order valence-corrected chi connectivity index (χ2v) is 21.7. The SMILES string of the molecule is CN1CCN(C)B1CC=C[CH2][Sn]([CH3])([CH3])[CH3]. The van der Waals surface area contributed by atoms with Gasteiger partial charge in [0.25, 0.3) is 0 Å². The van der Waals surface area contributed by atoms with Crippen molar-refractivity contribution in [2.45, 2.75) is 25.6 Å². The quantitative estimate of drug-likeness (QED) is 0.580. The zero-order chi connectivity index (χ0) is 11.5. The molecule has 4 heteroatoms. The van der Waals surface area contributed by atoms with Crippen LogP contribution in [-0.4, -0.2) is 62.2 Å². The molecule has 0 saturated carbocycles. The molecule has 0 aromatic heterocycles. The number of nitrogens with zero attached hydrogens (tertiary/aromatic N) is 2. The van der Waals surface area contributed by atoms with Gasteiger partial charge in [0.05, 0.1) is 0 Å². The van der Waals surface area contributed by atoms with Crippen LogP contribution in [0.1, 0.15) is 0 Å². The first-order chi connectivity index (χ1) is 6.90. The summed E-state index contributed by atoms with van der Waals surface area (Å²) in [6, 6.07) is 0. The van der Waals surface area contributed by atoms with Crippen molar-refractivity contribution in [2.24, 2.45) is 0 Å². The average Bonchev–Trinajstić information content (AvgIpc) is 2.40. The van der Waals surface area contributed by atoms with E-state index in [0.717, 1.165) is 0 Å². The molecular formula is C11H25BN2Sn. The molecule has 15 heavy (non-hydrogen) atoms. The second kappa shape index (κ2) is 5.73. The number of hydrogen-bond donors (Lipinski definition) is 0. The first kappa shape index (κ1) is 13.6. The molecule has 0 N–H and O–H groups in total. The molecule has 2 nitrogen and oxygen atoms in total.